The van der Waals surface area contributed by atoms with E-state index in [1.165, 1.54) is 18.9 Å². The molecular weight excluding hydrogens is 215 g/mol. The zero-order valence-corrected chi connectivity index (χ0v) is 10.7. The average Bonchev–Trinajstić information content (AvgIpc) is 2.33. The number of nitrogens with zero attached hydrogens (tertiary/aromatic N) is 1. The van der Waals surface area contributed by atoms with Crippen LogP contribution in [0.2, 0.25) is 0 Å². The maximum atomic E-state index is 13.5. The van der Waals surface area contributed by atoms with Gasteiger partial charge in [-0.05, 0) is 25.5 Å². The summed E-state index contributed by atoms with van der Waals surface area (Å²) in [6.45, 7) is 7.00. The van der Waals surface area contributed by atoms with Crippen LogP contribution in [0.4, 0.5) is 10.1 Å². The number of piperazine rings is 1. The summed E-state index contributed by atoms with van der Waals surface area (Å²) in [7, 11) is 0. The summed E-state index contributed by atoms with van der Waals surface area (Å²) >= 11 is 0. The summed E-state index contributed by atoms with van der Waals surface area (Å²) in [6.07, 6.45) is 2.37. The van der Waals surface area contributed by atoms with E-state index in [2.05, 4.69) is 17.1 Å². The van der Waals surface area contributed by atoms with Crippen molar-refractivity contribution in [3.8, 4) is 0 Å². The lowest BCUT2D eigenvalue weighted by molar-refractivity contribution is 0.430. The van der Waals surface area contributed by atoms with Crippen LogP contribution in [0.5, 0.6) is 0 Å². The minimum absolute atomic E-state index is 0.104. The van der Waals surface area contributed by atoms with Crippen LogP contribution in [0.25, 0.3) is 0 Å². The molecule has 1 saturated heterocycles. The van der Waals surface area contributed by atoms with Gasteiger partial charge in [-0.2, -0.15) is 0 Å². The molecule has 1 N–H and O–H groups in total. The predicted molar refractivity (Wildman–Crippen MR) is 70.0 cm³/mol. The largest absolute Gasteiger partial charge is 0.368 e. The van der Waals surface area contributed by atoms with E-state index >= 15 is 0 Å². The number of benzene rings is 1. The first-order valence-electron chi connectivity index (χ1n) is 6.45. The van der Waals surface area contributed by atoms with E-state index in [9.17, 15) is 4.39 Å². The van der Waals surface area contributed by atoms with Crippen molar-refractivity contribution in [2.45, 2.75) is 32.7 Å². The van der Waals surface area contributed by atoms with Gasteiger partial charge in [-0.25, -0.2) is 4.39 Å². The summed E-state index contributed by atoms with van der Waals surface area (Å²) < 4.78 is 13.5. The number of nitrogens with one attached hydrogen (secondary N) is 1. The molecule has 0 amide bonds. The van der Waals surface area contributed by atoms with Gasteiger partial charge in [0, 0.05) is 36.9 Å². The summed E-state index contributed by atoms with van der Waals surface area (Å²) in [5.74, 6) is -0.104. The molecule has 2 nitrogen and oxygen atoms in total. The Balaban J connectivity index is 2.13. The monoisotopic (exact) mass is 236 g/mol. The van der Waals surface area contributed by atoms with E-state index in [0.29, 0.717) is 6.04 Å². The Kier molecular flexibility index (Phi) is 4.00. The van der Waals surface area contributed by atoms with Crippen molar-refractivity contribution in [1.82, 2.24) is 5.32 Å². The highest BCUT2D eigenvalue weighted by Crippen LogP contribution is 2.23. The lowest BCUT2D eigenvalue weighted by Crippen LogP contribution is -2.50. The van der Waals surface area contributed by atoms with Gasteiger partial charge in [-0.15, -0.1) is 0 Å². The number of rotatable bonds is 3. The van der Waals surface area contributed by atoms with E-state index in [4.69, 9.17) is 0 Å². The minimum Gasteiger partial charge on any atom is -0.368 e. The van der Waals surface area contributed by atoms with Crippen LogP contribution in [0.3, 0.4) is 0 Å². The van der Waals surface area contributed by atoms with Gasteiger partial charge < -0.3 is 10.2 Å². The maximum absolute atomic E-state index is 13.5. The molecule has 94 valence electrons. The Bertz CT molecular complexity index is 376. The van der Waals surface area contributed by atoms with Crippen LogP contribution in [-0.2, 0) is 0 Å². The van der Waals surface area contributed by atoms with Crippen molar-refractivity contribution in [1.29, 1.82) is 0 Å². The van der Waals surface area contributed by atoms with Crippen LogP contribution >= 0.6 is 0 Å². The van der Waals surface area contributed by atoms with Crippen LogP contribution in [-0.4, -0.2) is 25.7 Å². The second-order valence-corrected chi connectivity index (χ2v) is 4.77. The normalized spacial score (nSPS) is 20.6. The van der Waals surface area contributed by atoms with Crippen LogP contribution in [0.15, 0.2) is 18.2 Å². The zero-order chi connectivity index (χ0) is 12.3. The van der Waals surface area contributed by atoms with Gasteiger partial charge in [0.2, 0.25) is 0 Å². The van der Waals surface area contributed by atoms with Crippen molar-refractivity contribution in [2.75, 3.05) is 24.5 Å². The van der Waals surface area contributed by atoms with Crippen molar-refractivity contribution in [2.24, 2.45) is 0 Å². The fraction of sp³-hybridized carbons (Fsp3) is 0.571. The van der Waals surface area contributed by atoms with E-state index in [1.54, 1.807) is 6.07 Å². The molecule has 0 bridgehead atoms. The Labute approximate surface area is 103 Å². The number of anilines is 1. The lowest BCUT2D eigenvalue weighted by atomic mass is 10.1. The summed E-state index contributed by atoms with van der Waals surface area (Å²) in [6, 6.07) is 5.89. The molecule has 1 atom stereocenters. The van der Waals surface area contributed by atoms with Gasteiger partial charge in [0.1, 0.15) is 5.82 Å². The van der Waals surface area contributed by atoms with Gasteiger partial charge >= 0.3 is 0 Å². The van der Waals surface area contributed by atoms with E-state index in [0.717, 1.165) is 30.9 Å². The van der Waals surface area contributed by atoms with E-state index in [1.807, 2.05) is 13.0 Å². The predicted octanol–water partition coefficient (Wildman–Crippen LogP) is 2.71. The molecule has 0 radical (unpaired) electrons. The highest BCUT2D eigenvalue weighted by Gasteiger charge is 2.20. The first-order valence-corrected chi connectivity index (χ1v) is 6.45. The molecule has 1 heterocycles. The lowest BCUT2D eigenvalue weighted by Gasteiger charge is -2.36. The number of halogens is 1. The van der Waals surface area contributed by atoms with Crippen molar-refractivity contribution in [3.63, 3.8) is 0 Å². The highest BCUT2D eigenvalue weighted by molar-refractivity contribution is 5.54. The maximum Gasteiger partial charge on any atom is 0.128 e. The third kappa shape index (κ3) is 2.78. The molecule has 17 heavy (non-hydrogen) atoms. The zero-order valence-electron chi connectivity index (χ0n) is 10.7. The summed E-state index contributed by atoms with van der Waals surface area (Å²) in [4.78, 5) is 2.30. The van der Waals surface area contributed by atoms with Gasteiger partial charge in [0.25, 0.3) is 0 Å². The Morgan fingerprint density at radius 2 is 2.29 bits per heavy atom. The molecule has 1 fully saturated rings. The number of hydrogen-bond donors (Lipinski definition) is 1. The topological polar surface area (TPSA) is 15.3 Å². The van der Waals surface area contributed by atoms with Gasteiger partial charge in [0.05, 0.1) is 0 Å². The van der Waals surface area contributed by atoms with E-state index in [-0.39, 0.29) is 5.82 Å². The first-order chi connectivity index (χ1) is 8.22. The average molecular weight is 236 g/mol. The second kappa shape index (κ2) is 5.50. The van der Waals surface area contributed by atoms with E-state index < -0.39 is 0 Å². The minimum atomic E-state index is -0.104. The first kappa shape index (κ1) is 12.4. The molecule has 1 aliphatic heterocycles. The van der Waals surface area contributed by atoms with Crippen LogP contribution < -0.4 is 10.2 Å². The summed E-state index contributed by atoms with van der Waals surface area (Å²) in [5.41, 5.74) is 1.82. The molecule has 2 rings (SSSR count). The summed E-state index contributed by atoms with van der Waals surface area (Å²) in [5, 5.41) is 3.52. The van der Waals surface area contributed by atoms with Gasteiger partial charge in [0.15, 0.2) is 0 Å². The fourth-order valence-corrected chi connectivity index (χ4v) is 2.52. The smallest absolute Gasteiger partial charge is 0.128 e. The molecule has 1 aliphatic rings. The molecule has 1 aromatic carbocycles. The molecule has 0 aliphatic carbocycles. The number of hydrogen-bond acceptors (Lipinski definition) is 2. The Morgan fingerprint density at radius 1 is 1.47 bits per heavy atom. The Morgan fingerprint density at radius 3 is 3.06 bits per heavy atom. The standard InChI is InChI=1S/C14H21FN2/c1-3-5-12-10-17(9-8-16-12)14-7-4-6-13(15)11(14)2/h4,6-7,12,16H,3,5,8-10H2,1-2H3. The molecule has 1 aromatic rings. The van der Waals surface area contributed by atoms with Gasteiger partial charge in [-0.3, -0.25) is 0 Å². The quantitative estimate of drug-likeness (QED) is 0.868. The third-order valence-corrected chi connectivity index (χ3v) is 3.47. The van der Waals surface area contributed by atoms with Gasteiger partial charge in [-0.1, -0.05) is 19.4 Å². The van der Waals surface area contributed by atoms with Crippen LogP contribution in [0.1, 0.15) is 25.3 Å². The van der Waals surface area contributed by atoms with Crippen molar-refractivity contribution < 1.29 is 4.39 Å². The highest BCUT2D eigenvalue weighted by atomic mass is 19.1. The van der Waals surface area contributed by atoms with Crippen molar-refractivity contribution >= 4 is 5.69 Å². The Hall–Kier alpha value is -1.09. The van der Waals surface area contributed by atoms with Crippen LogP contribution in [0, 0.1) is 12.7 Å². The second-order valence-electron chi connectivity index (χ2n) is 4.77. The molecule has 0 aromatic heterocycles. The fourth-order valence-electron chi connectivity index (χ4n) is 2.52. The SMILES string of the molecule is CCCC1CN(c2cccc(F)c2C)CCN1. The molecule has 1 unspecified atom stereocenters. The molecule has 3 heteroatoms. The molecule has 0 spiro atoms. The molecular formula is C14H21FN2. The molecule has 0 saturated carbocycles. The third-order valence-electron chi connectivity index (χ3n) is 3.47. The van der Waals surface area contributed by atoms with Crippen molar-refractivity contribution in [3.05, 3.63) is 29.6 Å².